The number of esters is 2. The highest BCUT2D eigenvalue weighted by Gasteiger charge is 2.29. The number of halogens is 6. The van der Waals surface area contributed by atoms with E-state index in [2.05, 4.69) is 0 Å². The zero-order chi connectivity index (χ0) is 22.1. The fraction of sp³-hybridized carbons (Fsp3) is 0.200. The summed E-state index contributed by atoms with van der Waals surface area (Å²) in [4.78, 5) is 24.7. The Morgan fingerprint density at radius 2 is 0.867 bits per heavy atom. The lowest BCUT2D eigenvalue weighted by atomic mass is 10.0. The van der Waals surface area contributed by atoms with Crippen LogP contribution in [0, 0.1) is 0 Å². The molecule has 0 aliphatic carbocycles. The number of benzene rings is 3. The van der Waals surface area contributed by atoms with Crippen molar-refractivity contribution in [3.63, 3.8) is 0 Å². The van der Waals surface area contributed by atoms with E-state index in [0.29, 0.717) is 21.5 Å². The molecule has 0 unspecified atom stereocenters. The van der Waals surface area contributed by atoms with Crippen molar-refractivity contribution in [2.24, 2.45) is 0 Å². The average molecular weight is 529 g/mol. The van der Waals surface area contributed by atoms with Crippen LogP contribution < -0.4 is 9.47 Å². The van der Waals surface area contributed by atoms with Gasteiger partial charge in [0.15, 0.2) is 0 Å². The average Bonchev–Trinajstić information content (AvgIpc) is 2.61. The van der Waals surface area contributed by atoms with Gasteiger partial charge in [-0.05, 0) is 0 Å². The van der Waals surface area contributed by atoms with E-state index in [4.69, 9.17) is 79.1 Å². The SMILES string of the molecule is O=C(CC(Cl)(Cl)Cl)Oc1c2ccccc2c(OC(=O)CC(Cl)(Cl)Cl)c2ccccc12. The van der Waals surface area contributed by atoms with Crippen molar-refractivity contribution in [2.45, 2.75) is 20.4 Å². The molecule has 0 bridgehead atoms. The Balaban J connectivity index is 2.15. The van der Waals surface area contributed by atoms with Gasteiger partial charge in [0, 0.05) is 21.5 Å². The molecule has 0 aliphatic rings. The van der Waals surface area contributed by atoms with Gasteiger partial charge in [-0.25, -0.2) is 0 Å². The van der Waals surface area contributed by atoms with Gasteiger partial charge in [0.25, 0.3) is 0 Å². The summed E-state index contributed by atoms with van der Waals surface area (Å²) in [6.45, 7) is 0. The summed E-state index contributed by atoms with van der Waals surface area (Å²) in [5.41, 5.74) is 0. The first-order chi connectivity index (χ1) is 13.9. The van der Waals surface area contributed by atoms with Crippen LogP contribution in [0.5, 0.6) is 11.5 Å². The second-order valence-corrected chi connectivity index (χ2v) is 11.3. The van der Waals surface area contributed by atoms with Crippen LogP contribution in [0.3, 0.4) is 0 Å². The third-order valence-corrected chi connectivity index (χ3v) is 4.76. The Morgan fingerprint density at radius 3 is 1.10 bits per heavy atom. The Morgan fingerprint density at radius 1 is 0.600 bits per heavy atom. The maximum atomic E-state index is 12.3. The minimum absolute atomic E-state index is 0.252. The molecule has 0 spiro atoms. The molecule has 0 fully saturated rings. The van der Waals surface area contributed by atoms with Gasteiger partial charge < -0.3 is 9.47 Å². The smallest absolute Gasteiger partial charge is 0.315 e. The number of carbonyl (C=O) groups is 2. The quantitative estimate of drug-likeness (QED) is 0.154. The van der Waals surface area contributed by atoms with Crippen LogP contribution in [0.25, 0.3) is 21.5 Å². The summed E-state index contributed by atoms with van der Waals surface area (Å²) in [7, 11) is 0. The molecule has 0 aromatic heterocycles. The fourth-order valence-electron chi connectivity index (χ4n) is 2.90. The second kappa shape index (κ2) is 9.15. The molecule has 3 aromatic carbocycles. The molecule has 30 heavy (non-hydrogen) atoms. The van der Waals surface area contributed by atoms with E-state index in [-0.39, 0.29) is 11.5 Å². The van der Waals surface area contributed by atoms with Crippen molar-refractivity contribution in [3.05, 3.63) is 48.5 Å². The standard InChI is InChI=1S/C20H12Cl6O4/c21-19(22,23)9-15(27)29-17-11-5-1-2-6-12(11)18(14-8-4-3-7-13(14)17)30-16(28)10-20(24,25)26/h1-8H,9-10H2. The van der Waals surface area contributed by atoms with Gasteiger partial charge in [0.05, 0.1) is 12.8 Å². The molecule has 10 heteroatoms. The number of carbonyl (C=O) groups excluding carboxylic acids is 2. The lowest BCUT2D eigenvalue weighted by Gasteiger charge is -2.18. The molecule has 0 N–H and O–H groups in total. The van der Waals surface area contributed by atoms with Crippen LogP contribution in [0.15, 0.2) is 48.5 Å². The van der Waals surface area contributed by atoms with Crippen molar-refractivity contribution >= 4 is 103 Å². The molecule has 3 rings (SSSR count). The predicted molar refractivity (Wildman–Crippen MR) is 123 cm³/mol. The largest absolute Gasteiger partial charge is 0.425 e. The lowest BCUT2D eigenvalue weighted by molar-refractivity contribution is -0.135. The van der Waals surface area contributed by atoms with Gasteiger partial charge in [0.2, 0.25) is 7.59 Å². The summed E-state index contributed by atoms with van der Waals surface area (Å²) in [5.74, 6) is -0.958. The zero-order valence-electron chi connectivity index (χ0n) is 14.9. The van der Waals surface area contributed by atoms with E-state index >= 15 is 0 Å². The topological polar surface area (TPSA) is 52.6 Å². The predicted octanol–water partition coefficient (Wildman–Crippen LogP) is 7.32. The third kappa shape index (κ3) is 5.97. The van der Waals surface area contributed by atoms with Crippen molar-refractivity contribution in [2.75, 3.05) is 0 Å². The molecule has 0 saturated heterocycles. The van der Waals surface area contributed by atoms with Gasteiger partial charge in [-0.1, -0.05) is 118 Å². The van der Waals surface area contributed by atoms with Crippen LogP contribution in [0.4, 0.5) is 0 Å². The third-order valence-electron chi connectivity index (χ3n) is 3.95. The van der Waals surface area contributed by atoms with Crippen LogP contribution in [0.2, 0.25) is 0 Å². The molecule has 3 aromatic rings. The maximum absolute atomic E-state index is 12.3. The van der Waals surface area contributed by atoms with Crippen LogP contribution in [-0.4, -0.2) is 19.5 Å². The number of hydrogen-bond donors (Lipinski definition) is 0. The normalized spacial score (nSPS) is 12.2. The molecule has 4 nitrogen and oxygen atoms in total. The monoisotopic (exact) mass is 526 g/mol. The fourth-order valence-corrected chi connectivity index (χ4v) is 3.55. The zero-order valence-corrected chi connectivity index (χ0v) is 19.5. The molecule has 0 saturated carbocycles. The van der Waals surface area contributed by atoms with Gasteiger partial charge in [-0.3, -0.25) is 9.59 Å². The van der Waals surface area contributed by atoms with E-state index in [1.54, 1.807) is 48.5 Å². The van der Waals surface area contributed by atoms with E-state index in [9.17, 15) is 9.59 Å². The molecular weight excluding hydrogens is 517 g/mol. The van der Waals surface area contributed by atoms with E-state index in [1.165, 1.54) is 0 Å². The number of hydrogen-bond acceptors (Lipinski definition) is 4. The molecular formula is C20H12Cl6O4. The first-order valence-electron chi connectivity index (χ1n) is 8.43. The molecule has 0 heterocycles. The van der Waals surface area contributed by atoms with E-state index < -0.39 is 32.4 Å². The van der Waals surface area contributed by atoms with Crippen LogP contribution in [0.1, 0.15) is 12.8 Å². The summed E-state index contributed by atoms with van der Waals surface area (Å²) < 4.78 is 7.53. The molecule has 158 valence electrons. The second-order valence-electron chi connectivity index (χ2n) is 6.28. The van der Waals surface area contributed by atoms with Gasteiger partial charge in [-0.2, -0.15) is 0 Å². The highest BCUT2D eigenvalue weighted by molar-refractivity contribution is 6.68. The number of fused-ring (bicyclic) bond motifs is 2. The summed E-state index contributed by atoms with van der Waals surface area (Å²) in [5, 5.41) is 2.08. The number of alkyl halides is 6. The Labute approximate surface area is 201 Å². The molecule has 0 atom stereocenters. The Bertz CT molecular complexity index is 973. The Hall–Kier alpha value is -1.14. The van der Waals surface area contributed by atoms with Gasteiger partial charge >= 0.3 is 11.9 Å². The molecule has 0 radical (unpaired) electrons. The first kappa shape index (κ1) is 23.5. The lowest BCUT2D eigenvalue weighted by Crippen LogP contribution is -2.18. The highest BCUT2D eigenvalue weighted by atomic mass is 35.6. The number of rotatable bonds is 4. The first-order valence-corrected chi connectivity index (χ1v) is 10.7. The molecule has 0 amide bonds. The van der Waals surface area contributed by atoms with Crippen molar-refractivity contribution in [3.8, 4) is 11.5 Å². The number of ether oxygens (including phenoxy) is 2. The highest BCUT2D eigenvalue weighted by Crippen LogP contribution is 2.43. The van der Waals surface area contributed by atoms with Crippen molar-refractivity contribution < 1.29 is 19.1 Å². The van der Waals surface area contributed by atoms with Crippen LogP contribution >= 0.6 is 69.6 Å². The summed E-state index contributed by atoms with van der Waals surface area (Å²) in [6.07, 6.45) is -0.888. The Kier molecular flexibility index (Phi) is 7.18. The molecule has 0 aliphatic heterocycles. The van der Waals surface area contributed by atoms with E-state index in [1.807, 2.05) is 0 Å². The van der Waals surface area contributed by atoms with Crippen molar-refractivity contribution in [1.29, 1.82) is 0 Å². The van der Waals surface area contributed by atoms with Crippen molar-refractivity contribution in [1.82, 2.24) is 0 Å². The van der Waals surface area contributed by atoms with E-state index in [0.717, 1.165) is 0 Å². The van der Waals surface area contributed by atoms with Gasteiger partial charge in [-0.15, -0.1) is 0 Å². The summed E-state index contributed by atoms with van der Waals surface area (Å²) in [6, 6.07) is 13.8. The minimum Gasteiger partial charge on any atom is -0.425 e. The summed E-state index contributed by atoms with van der Waals surface area (Å²) >= 11 is 34.2. The minimum atomic E-state index is -1.80. The van der Waals surface area contributed by atoms with Gasteiger partial charge in [0.1, 0.15) is 11.5 Å². The maximum Gasteiger partial charge on any atom is 0.315 e. The van der Waals surface area contributed by atoms with Crippen LogP contribution in [-0.2, 0) is 9.59 Å².